The Kier molecular flexibility index (Phi) is 5.77. The Morgan fingerprint density at radius 2 is 1.23 bits per heavy atom. The van der Waals surface area contributed by atoms with Gasteiger partial charge in [-0.3, -0.25) is 0 Å². The maximum Gasteiger partial charge on any atom is -0.0202 e. The van der Waals surface area contributed by atoms with E-state index in [1.807, 2.05) is 6.08 Å². The predicted molar refractivity (Wildman–Crippen MR) is 61.7 cm³/mol. The van der Waals surface area contributed by atoms with Crippen LogP contribution in [0.15, 0.2) is 24.8 Å². The average Bonchev–Trinajstić information content (AvgIpc) is 2.11. The number of rotatable bonds is 5. The van der Waals surface area contributed by atoms with E-state index in [9.17, 15) is 0 Å². The zero-order chi connectivity index (χ0) is 10.4. The van der Waals surface area contributed by atoms with Crippen molar-refractivity contribution < 1.29 is 0 Å². The summed E-state index contributed by atoms with van der Waals surface area (Å²) in [5.41, 5.74) is 0. The molecule has 0 nitrogen and oxygen atoms in total. The molecule has 0 saturated heterocycles. The number of hydrogen-bond acceptors (Lipinski definition) is 0. The van der Waals surface area contributed by atoms with Gasteiger partial charge in [0, 0.05) is 0 Å². The summed E-state index contributed by atoms with van der Waals surface area (Å²) < 4.78 is 0. The van der Waals surface area contributed by atoms with Crippen LogP contribution in [0.25, 0.3) is 0 Å². The van der Waals surface area contributed by atoms with Gasteiger partial charge in [0.2, 0.25) is 0 Å². The first-order chi connectivity index (χ1) is 5.99. The fraction of sp³-hybridized carbons (Fsp3) is 0.692. The molecule has 0 rings (SSSR count). The van der Waals surface area contributed by atoms with E-state index in [0.717, 1.165) is 5.92 Å². The first-order valence-corrected chi connectivity index (χ1v) is 5.29. The van der Waals surface area contributed by atoms with Gasteiger partial charge in [-0.2, -0.15) is 0 Å². The van der Waals surface area contributed by atoms with Crippen LogP contribution in [0.4, 0.5) is 0 Å². The van der Waals surface area contributed by atoms with Crippen molar-refractivity contribution >= 4 is 0 Å². The quantitative estimate of drug-likeness (QED) is 0.554. The molecule has 0 heteroatoms. The standard InChI is InChI=1S/C13H24/c1-7-11(4)13(6)9-8-12(5)10(2)3/h7-13H,1H2,2-6H3. The largest absolute Gasteiger partial charge is 0.103 e. The summed E-state index contributed by atoms with van der Waals surface area (Å²) in [6, 6.07) is 0. The number of allylic oxidation sites excluding steroid dienone is 3. The molecular weight excluding hydrogens is 156 g/mol. The Hall–Kier alpha value is -0.520. The van der Waals surface area contributed by atoms with E-state index in [0.29, 0.717) is 17.8 Å². The molecule has 13 heavy (non-hydrogen) atoms. The Bertz CT molecular complexity index is 165. The Balaban J connectivity index is 4.03. The Morgan fingerprint density at radius 1 is 0.769 bits per heavy atom. The zero-order valence-corrected chi connectivity index (χ0v) is 9.75. The van der Waals surface area contributed by atoms with Crippen LogP contribution < -0.4 is 0 Å². The lowest BCUT2D eigenvalue weighted by molar-refractivity contribution is 0.493. The molecule has 0 amide bonds. The fourth-order valence-electron chi connectivity index (χ4n) is 0.963. The van der Waals surface area contributed by atoms with Crippen molar-refractivity contribution in [2.45, 2.75) is 34.6 Å². The second-order valence-corrected chi connectivity index (χ2v) is 4.44. The molecule has 76 valence electrons. The van der Waals surface area contributed by atoms with Gasteiger partial charge in [-0.15, -0.1) is 6.58 Å². The molecule has 0 aromatic carbocycles. The molecule has 0 aliphatic heterocycles. The van der Waals surface area contributed by atoms with Crippen molar-refractivity contribution in [2.75, 3.05) is 0 Å². The molecule has 3 atom stereocenters. The van der Waals surface area contributed by atoms with Crippen LogP contribution in [0.2, 0.25) is 0 Å². The van der Waals surface area contributed by atoms with Gasteiger partial charge < -0.3 is 0 Å². The highest BCUT2D eigenvalue weighted by Crippen LogP contribution is 2.17. The molecule has 0 heterocycles. The van der Waals surface area contributed by atoms with Crippen molar-refractivity contribution in [1.29, 1.82) is 0 Å². The third-order valence-corrected chi connectivity index (χ3v) is 2.97. The monoisotopic (exact) mass is 180 g/mol. The lowest BCUT2D eigenvalue weighted by Gasteiger charge is -2.14. The summed E-state index contributed by atoms with van der Waals surface area (Å²) in [5.74, 6) is 2.61. The van der Waals surface area contributed by atoms with E-state index < -0.39 is 0 Å². The zero-order valence-electron chi connectivity index (χ0n) is 9.75. The van der Waals surface area contributed by atoms with Gasteiger partial charge in [0.05, 0.1) is 0 Å². The van der Waals surface area contributed by atoms with Crippen LogP contribution in [0, 0.1) is 23.7 Å². The van der Waals surface area contributed by atoms with Crippen molar-refractivity contribution in [3.63, 3.8) is 0 Å². The minimum Gasteiger partial charge on any atom is -0.103 e. The molecule has 0 aromatic heterocycles. The highest BCUT2D eigenvalue weighted by molar-refractivity contribution is 4.96. The summed E-state index contributed by atoms with van der Waals surface area (Å²) in [6.45, 7) is 15.1. The molecule has 0 aliphatic carbocycles. The van der Waals surface area contributed by atoms with Crippen LogP contribution in [0.1, 0.15) is 34.6 Å². The van der Waals surface area contributed by atoms with Gasteiger partial charge in [-0.25, -0.2) is 0 Å². The average molecular weight is 180 g/mol. The van der Waals surface area contributed by atoms with Crippen molar-refractivity contribution in [1.82, 2.24) is 0 Å². The molecule has 0 saturated carbocycles. The van der Waals surface area contributed by atoms with Crippen LogP contribution in [0.5, 0.6) is 0 Å². The summed E-state index contributed by atoms with van der Waals surface area (Å²) in [5, 5.41) is 0. The normalized spacial score (nSPS) is 18.9. The van der Waals surface area contributed by atoms with E-state index in [2.05, 4.69) is 53.3 Å². The Labute approximate surface area is 83.7 Å². The van der Waals surface area contributed by atoms with Crippen LogP contribution in [0.3, 0.4) is 0 Å². The van der Waals surface area contributed by atoms with Crippen molar-refractivity contribution in [3.05, 3.63) is 24.8 Å². The van der Waals surface area contributed by atoms with E-state index >= 15 is 0 Å². The molecule has 0 bridgehead atoms. The Morgan fingerprint density at radius 3 is 1.62 bits per heavy atom. The maximum absolute atomic E-state index is 3.81. The second-order valence-electron chi connectivity index (χ2n) is 4.44. The summed E-state index contributed by atoms with van der Waals surface area (Å²) in [7, 11) is 0. The van der Waals surface area contributed by atoms with Crippen molar-refractivity contribution in [2.24, 2.45) is 23.7 Å². The lowest BCUT2D eigenvalue weighted by atomic mass is 9.92. The molecule has 0 aliphatic rings. The molecule has 0 aromatic rings. The van der Waals surface area contributed by atoms with E-state index in [-0.39, 0.29) is 0 Å². The molecule has 0 N–H and O–H groups in total. The molecule has 3 unspecified atom stereocenters. The van der Waals surface area contributed by atoms with Crippen LogP contribution >= 0.6 is 0 Å². The fourth-order valence-corrected chi connectivity index (χ4v) is 0.963. The first kappa shape index (κ1) is 12.5. The third-order valence-electron chi connectivity index (χ3n) is 2.97. The van der Waals surface area contributed by atoms with Gasteiger partial charge in [0.15, 0.2) is 0 Å². The summed E-state index contributed by atoms with van der Waals surface area (Å²) in [6.07, 6.45) is 6.67. The number of hydrogen-bond donors (Lipinski definition) is 0. The lowest BCUT2D eigenvalue weighted by Crippen LogP contribution is -2.04. The molecule has 0 fully saturated rings. The second kappa shape index (κ2) is 6.01. The van der Waals surface area contributed by atoms with E-state index in [4.69, 9.17) is 0 Å². The SMILES string of the molecule is C=CC(C)C(C)C=CC(C)C(C)C. The highest BCUT2D eigenvalue weighted by Gasteiger charge is 2.06. The van der Waals surface area contributed by atoms with Gasteiger partial charge in [0.25, 0.3) is 0 Å². The molecule has 0 radical (unpaired) electrons. The minimum atomic E-state index is 0.579. The van der Waals surface area contributed by atoms with Gasteiger partial charge in [0.1, 0.15) is 0 Å². The van der Waals surface area contributed by atoms with Gasteiger partial charge in [-0.05, 0) is 23.7 Å². The topological polar surface area (TPSA) is 0 Å². The summed E-state index contributed by atoms with van der Waals surface area (Å²) >= 11 is 0. The van der Waals surface area contributed by atoms with Crippen molar-refractivity contribution in [3.8, 4) is 0 Å². The summed E-state index contributed by atoms with van der Waals surface area (Å²) in [4.78, 5) is 0. The van der Waals surface area contributed by atoms with Crippen LogP contribution in [-0.4, -0.2) is 0 Å². The predicted octanol–water partition coefficient (Wildman–Crippen LogP) is 4.29. The maximum atomic E-state index is 3.81. The van der Waals surface area contributed by atoms with Crippen LogP contribution in [-0.2, 0) is 0 Å². The van der Waals surface area contributed by atoms with Gasteiger partial charge in [-0.1, -0.05) is 52.8 Å². The molecule has 0 spiro atoms. The highest BCUT2D eigenvalue weighted by atomic mass is 14.1. The van der Waals surface area contributed by atoms with Gasteiger partial charge >= 0.3 is 0 Å². The van der Waals surface area contributed by atoms with E-state index in [1.54, 1.807) is 0 Å². The molecular formula is C13H24. The van der Waals surface area contributed by atoms with E-state index in [1.165, 1.54) is 0 Å². The third kappa shape index (κ3) is 4.92. The smallest absolute Gasteiger partial charge is 0.0202 e. The minimum absolute atomic E-state index is 0.579. The first-order valence-electron chi connectivity index (χ1n) is 5.29.